The summed E-state index contributed by atoms with van der Waals surface area (Å²) in [6, 6.07) is 9.19. The molecule has 0 amide bonds. The largest absolute Gasteiger partial charge is 0.479 e. The Morgan fingerprint density at radius 1 is 1.14 bits per heavy atom. The van der Waals surface area contributed by atoms with Gasteiger partial charge in [0.2, 0.25) is 0 Å². The van der Waals surface area contributed by atoms with Crippen LogP contribution in [0.25, 0.3) is 0 Å². The highest BCUT2D eigenvalue weighted by Crippen LogP contribution is 2.36. The van der Waals surface area contributed by atoms with E-state index in [1.54, 1.807) is 19.1 Å². The normalized spacial score (nSPS) is 12.3. The Morgan fingerprint density at radius 2 is 1.79 bits per heavy atom. The highest BCUT2D eigenvalue weighted by Gasteiger charge is 2.32. The third-order valence-electron chi connectivity index (χ3n) is 3.51. The predicted octanol–water partition coefficient (Wildman–Crippen LogP) is 4.89. The lowest BCUT2D eigenvalue weighted by molar-refractivity contribution is -0.144. The summed E-state index contributed by atoms with van der Waals surface area (Å²) in [7, 11) is 0. The van der Waals surface area contributed by atoms with Crippen LogP contribution in [-0.4, -0.2) is 29.8 Å². The number of hydrogen-bond donors (Lipinski definition) is 1. The van der Waals surface area contributed by atoms with Crippen LogP contribution in [0.3, 0.4) is 0 Å². The topological polar surface area (TPSA) is 72.8 Å². The van der Waals surface area contributed by atoms with Crippen molar-refractivity contribution in [1.82, 2.24) is 0 Å². The van der Waals surface area contributed by atoms with Gasteiger partial charge in [0, 0.05) is 9.79 Å². The van der Waals surface area contributed by atoms with Crippen molar-refractivity contribution in [2.45, 2.75) is 35.9 Å². The van der Waals surface area contributed by atoms with E-state index < -0.39 is 29.8 Å². The van der Waals surface area contributed by atoms with Crippen molar-refractivity contribution in [1.29, 1.82) is 0 Å². The fourth-order valence-corrected chi connectivity index (χ4v) is 3.05. The first-order valence-electron chi connectivity index (χ1n) is 8.17. The number of carboxylic acid groups (broad SMARTS) is 1. The van der Waals surface area contributed by atoms with Gasteiger partial charge in [-0.25, -0.2) is 9.59 Å². The van der Waals surface area contributed by atoms with Crippen molar-refractivity contribution in [3.05, 3.63) is 53.6 Å². The summed E-state index contributed by atoms with van der Waals surface area (Å²) in [5.74, 6) is -1.62. The van der Waals surface area contributed by atoms with Gasteiger partial charge >= 0.3 is 18.1 Å². The molecule has 0 spiro atoms. The van der Waals surface area contributed by atoms with Crippen molar-refractivity contribution >= 4 is 23.7 Å². The second-order valence-electron chi connectivity index (χ2n) is 5.60. The fraction of sp³-hybridized carbons (Fsp3) is 0.263. The number of hydrogen-bond acceptors (Lipinski definition) is 5. The predicted molar refractivity (Wildman–Crippen MR) is 95.7 cm³/mol. The van der Waals surface area contributed by atoms with Gasteiger partial charge in [-0.2, -0.15) is 13.2 Å². The maximum atomic E-state index is 13.0. The van der Waals surface area contributed by atoms with Crippen molar-refractivity contribution in [2.24, 2.45) is 0 Å². The molecular weight excluding hydrogens is 397 g/mol. The van der Waals surface area contributed by atoms with Crippen molar-refractivity contribution in [3.8, 4) is 5.75 Å². The van der Waals surface area contributed by atoms with Gasteiger partial charge in [0.05, 0.1) is 17.7 Å². The molecule has 1 unspecified atom stereocenters. The molecule has 2 aromatic carbocycles. The van der Waals surface area contributed by atoms with Crippen LogP contribution in [0.2, 0.25) is 0 Å². The SMILES string of the molecule is CCOC(=O)c1cc(C(F)(F)F)ccc1Sc1ccc(OC(C)C(=O)O)cc1. The molecule has 5 nitrogen and oxygen atoms in total. The lowest BCUT2D eigenvalue weighted by Gasteiger charge is -2.13. The third kappa shape index (κ3) is 5.66. The summed E-state index contributed by atoms with van der Waals surface area (Å²) in [6.45, 7) is 2.99. The van der Waals surface area contributed by atoms with Crippen molar-refractivity contribution in [2.75, 3.05) is 6.61 Å². The molecule has 0 fully saturated rings. The molecule has 0 aliphatic heterocycles. The van der Waals surface area contributed by atoms with E-state index in [4.69, 9.17) is 14.6 Å². The van der Waals surface area contributed by atoms with Gasteiger partial charge in [-0.05, 0) is 56.3 Å². The number of carbonyl (C=O) groups is 2. The number of aliphatic carboxylic acids is 1. The monoisotopic (exact) mass is 414 g/mol. The van der Waals surface area contributed by atoms with Crippen LogP contribution >= 0.6 is 11.8 Å². The zero-order valence-corrected chi connectivity index (χ0v) is 15.8. The van der Waals surface area contributed by atoms with Crippen LogP contribution in [0.5, 0.6) is 5.75 Å². The van der Waals surface area contributed by atoms with E-state index in [0.717, 1.165) is 23.9 Å². The van der Waals surface area contributed by atoms with Gasteiger partial charge in [0.15, 0.2) is 6.10 Å². The zero-order valence-electron chi connectivity index (χ0n) is 14.9. The minimum Gasteiger partial charge on any atom is -0.479 e. The lowest BCUT2D eigenvalue weighted by atomic mass is 10.1. The molecule has 0 saturated carbocycles. The minimum atomic E-state index is -4.58. The molecule has 2 aromatic rings. The second kappa shape index (κ2) is 9.01. The van der Waals surface area contributed by atoms with Crippen LogP contribution in [0, 0.1) is 0 Å². The first-order chi connectivity index (χ1) is 13.1. The molecule has 9 heteroatoms. The van der Waals surface area contributed by atoms with Crippen LogP contribution < -0.4 is 4.74 Å². The van der Waals surface area contributed by atoms with E-state index in [0.29, 0.717) is 15.5 Å². The number of ether oxygens (including phenoxy) is 2. The van der Waals surface area contributed by atoms with E-state index in [-0.39, 0.29) is 12.2 Å². The van der Waals surface area contributed by atoms with Crippen LogP contribution in [0.15, 0.2) is 52.3 Å². The minimum absolute atomic E-state index is 0.0347. The maximum Gasteiger partial charge on any atom is 0.416 e. The highest BCUT2D eigenvalue weighted by molar-refractivity contribution is 7.99. The second-order valence-corrected chi connectivity index (χ2v) is 6.72. The summed E-state index contributed by atoms with van der Waals surface area (Å²) < 4.78 is 49.0. The summed E-state index contributed by atoms with van der Waals surface area (Å²) in [4.78, 5) is 23.8. The molecule has 150 valence electrons. The van der Waals surface area contributed by atoms with Crippen LogP contribution in [-0.2, 0) is 15.7 Å². The highest BCUT2D eigenvalue weighted by atomic mass is 32.2. The summed E-state index contributed by atoms with van der Waals surface area (Å²) >= 11 is 1.08. The maximum absolute atomic E-state index is 13.0. The molecule has 0 aromatic heterocycles. The third-order valence-corrected chi connectivity index (χ3v) is 4.60. The van der Waals surface area contributed by atoms with Crippen molar-refractivity contribution in [3.63, 3.8) is 0 Å². The Bertz CT molecular complexity index is 850. The van der Waals surface area contributed by atoms with E-state index >= 15 is 0 Å². The first kappa shape index (κ1) is 21.6. The summed E-state index contributed by atoms with van der Waals surface area (Å²) in [6.07, 6.45) is -5.60. The molecular formula is C19H17F3O5S. The number of benzene rings is 2. The van der Waals surface area contributed by atoms with Gasteiger partial charge in [-0.1, -0.05) is 11.8 Å². The Kier molecular flexibility index (Phi) is 6.95. The molecule has 0 saturated heterocycles. The molecule has 0 heterocycles. The van der Waals surface area contributed by atoms with Crippen LogP contribution in [0.1, 0.15) is 29.8 Å². The standard InChI is InChI=1S/C19H17F3O5S/c1-3-26-18(25)15-10-12(19(20,21)22)4-9-16(15)28-14-7-5-13(6-8-14)27-11(2)17(23)24/h4-11H,3H2,1-2H3,(H,23,24). The number of carboxylic acids is 1. The summed E-state index contributed by atoms with van der Waals surface area (Å²) in [5.41, 5.74) is -1.12. The number of alkyl halides is 3. The molecule has 0 radical (unpaired) electrons. The van der Waals surface area contributed by atoms with Gasteiger partial charge in [-0.3, -0.25) is 0 Å². The number of rotatable bonds is 7. The van der Waals surface area contributed by atoms with Gasteiger partial charge in [0.1, 0.15) is 5.75 Å². The van der Waals surface area contributed by atoms with Gasteiger partial charge in [-0.15, -0.1) is 0 Å². The Balaban J connectivity index is 2.27. The molecule has 0 aliphatic rings. The molecule has 0 aliphatic carbocycles. The Labute approximate surface area is 163 Å². The molecule has 1 N–H and O–H groups in total. The van der Waals surface area contributed by atoms with E-state index in [1.807, 2.05) is 0 Å². The van der Waals surface area contributed by atoms with E-state index in [1.165, 1.54) is 25.1 Å². The molecule has 1 atom stereocenters. The number of halogens is 3. The fourth-order valence-electron chi connectivity index (χ4n) is 2.13. The quantitative estimate of drug-likeness (QED) is 0.651. The van der Waals surface area contributed by atoms with Gasteiger partial charge < -0.3 is 14.6 Å². The number of carbonyl (C=O) groups excluding carboxylic acids is 1. The Morgan fingerprint density at radius 3 is 2.32 bits per heavy atom. The lowest BCUT2D eigenvalue weighted by Crippen LogP contribution is -2.22. The Hall–Kier alpha value is -2.68. The van der Waals surface area contributed by atoms with Crippen LogP contribution in [0.4, 0.5) is 13.2 Å². The number of esters is 1. The average molecular weight is 414 g/mol. The van der Waals surface area contributed by atoms with E-state index in [2.05, 4.69) is 0 Å². The van der Waals surface area contributed by atoms with E-state index in [9.17, 15) is 22.8 Å². The average Bonchev–Trinajstić information content (AvgIpc) is 2.62. The molecule has 0 bridgehead atoms. The molecule has 2 rings (SSSR count). The first-order valence-corrected chi connectivity index (χ1v) is 8.99. The van der Waals surface area contributed by atoms with Crippen molar-refractivity contribution < 1.29 is 37.3 Å². The summed E-state index contributed by atoms with van der Waals surface area (Å²) in [5, 5.41) is 8.85. The van der Waals surface area contributed by atoms with Gasteiger partial charge in [0.25, 0.3) is 0 Å². The zero-order chi connectivity index (χ0) is 20.9. The smallest absolute Gasteiger partial charge is 0.416 e. The molecule has 28 heavy (non-hydrogen) atoms.